The van der Waals surface area contributed by atoms with E-state index in [0.717, 1.165) is 30.2 Å². The molecule has 164 valence electrons. The van der Waals surface area contributed by atoms with Crippen molar-refractivity contribution in [1.29, 1.82) is 0 Å². The van der Waals surface area contributed by atoms with Crippen molar-refractivity contribution in [3.8, 4) is 17.0 Å². The smallest absolute Gasteiger partial charge is 0.327 e. The van der Waals surface area contributed by atoms with E-state index in [0.29, 0.717) is 41.8 Å². The molecule has 2 aliphatic rings. The molecule has 0 bridgehead atoms. The highest BCUT2D eigenvalue weighted by Gasteiger charge is 2.25. The van der Waals surface area contributed by atoms with Gasteiger partial charge in [-0.05, 0) is 49.6 Å². The number of nitrogens with zero attached hydrogens (tertiary/aromatic N) is 4. The lowest BCUT2D eigenvalue weighted by Gasteiger charge is -2.22. The van der Waals surface area contributed by atoms with Crippen LogP contribution in [0.4, 0.5) is 22.1 Å². The Morgan fingerprint density at radius 1 is 1.03 bits per heavy atom. The lowest BCUT2D eigenvalue weighted by atomic mass is 10.1. The zero-order chi connectivity index (χ0) is 21.9. The molecule has 3 aromatic rings. The maximum Gasteiger partial charge on any atom is 0.327 e. The zero-order valence-electron chi connectivity index (χ0n) is 17.6. The number of aromatic nitrogens is 2. The SMILES string of the molecule is O=C(Nc1ccnc(N2CCCC2)c1)N1CCCOc2ccc(-c3cccc(Cl)c3)nc21. The number of urea groups is 1. The van der Waals surface area contributed by atoms with Crippen LogP contribution in [0.1, 0.15) is 19.3 Å². The minimum absolute atomic E-state index is 0.244. The fraction of sp³-hybridized carbons (Fsp3) is 0.292. The van der Waals surface area contributed by atoms with Gasteiger partial charge in [-0.25, -0.2) is 14.8 Å². The third-order valence-corrected chi connectivity index (χ3v) is 5.91. The predicted molar refractivity (Wildman–Crippen MR) is 127 cm³/mol. The number of ether oxygens (including phenoxy) is 1. The number of carbonyl (C=O) groups excluding carboxylic acids is 1. The molecule has 2 aromatic heterocycles. The second kappa shape index (κ2) is 9.04. The largest absolute Gasteiger partial charge is 0.490 e. The number of amides is 2. The van der Waals surface area contributed by atoms with E-state index in [1.54, 1.807) is 11.1 Å². The van der Waals surface area contributed by atoms with E-state index in [9.17, 15) is 4.79 Å². The van der Waals surface area contributed by atoms with E-state index >= 15 is 0 Å². The van der Waals surface area contributed by atoms with Crippen molar-refractivity contribution in [2.45, 2.75) is 19.3 Å². The molecule has 8 heteroatoms. The maximum absolute atomic E-state index is 13.3. The minimum atomic E-state index is -0.244. The van der Waals surface area contributed by atoms with Crippen molar-refractivity contribution in [2.75, 3.05) is 41.4 Å². The number of rotatable bonds is 3. The van der Waals surface area contributed by atoms with Crippen molar-refractivity contribution >= 4 is 35.0 Å². The van der Waals surface area contributed by atoms with Gasteiger partial charge in [0, 0.05) is 48.2 Å². The summed E-state index contributed by atoms with van der Waals surface area (Å²) in [5.41, 5.74) is 2.33. The number of pyridine rings is 2. The van der Waals surface area contributed by atoms with Gasteiger partial charge >= 0.3 is 6.03 Å². The molecule has 0 aliphatic carbocycles. The van der Waals surface area contributed by atoms with Crippen LogP contribution in [-0.4, -0.2) is 42.2 Å². The van der Waals surface area contributed by atoms with Crippen LogP contribution in [0.2, 0.25) is 5.02 Å². The monoisotopic (exact) mass is 449 g/mol. The van der Waals surface area contributed by atoms with Gasteiger partial charge in [-0.3, -0.25) is 4.90 Å². The first kappa shape index (κ1) is 20.6. The van der Waals surface area contributed by atoms with Crippen LogP contribution in [0, 0.1) is 0 Å². The first-order valence-corrected chi connectivity index (χ1v) is 11.2. The van der Waals surface area contributed by atoms with Gasteiger partial charge in [-0.1, -0.05) is 23.7 Å². The van der Waals surface area contributed by atoms with Crippen LogP contribution in [0.25, 0.3) is 11.3 Å². The number of hydrogen-bond donors (Lipinski definition) is 1. The Morgan fingerprint density at radius 3 is 2.75 bits per heavy atom. The van der Waals surface area contributed by atoms with Crippen LogP contribution in [0.3, 0.4) is 0 Å². The molecule has 0 atom stereocenters. The summed E-state index contributed by atoms with van der Waals surface area (Å²) in [5.74, 6) is 1.99. The molecule has 0 unspecified atom stereocenters. The summed E-state index contributed by atoms with van der Waals surface area (Å²) in [6.45, 7) is 3.03. The average molecular weight is 450 g/mol. The molecule has 32 heavy (non-hydrogen) atoms. The van der Waals surface area contributed by atoms with Gasteiger partial charge in [-0.15, -0.1) is 0 Å². The van der Waals surface area contributed by atoms with Crippen LogP contribution >= 0.6 is 11.6 Å². The van der Waals surface area contributed by atoms with Crippen molar-refractivity contribution in [3.63, 3.8) is 0 Å². The predicted octanol–water partition coefficient (Wildman–Crippen LogP) is 5.22. The number of anilines is 3. The van der Waals surface area contributed by atoms with E-state index in [1.807, 2.05) is 48.5 Å². The van der Waals surface area contributed by atoms with E-state index in [1.165, 1.54) is 12.8 Å². The van der Waals surface area contributed by atoms with E-state index < -0.39 is 0 Å². The van der Waals surface area contributed by atoms with Crippen LogP contribution < -0.4 is 19.9 Å². The topological polar surface area (TPSA) is 70.6 Å². The van der Waals surface area contributed by atoms with E-state index in [4.69, 9.17) is 21.3 Å². The van der Waals surface area contributed by atoms with Crippen LogP contribution in [0.15, 0.2) is 54.7 Å². The molecular formula is C24H24ClN5O2. The summed E-state index contributed by atoms with van der Waals surface area (Å²) < 4.78 is 5.85. The average Bonchev–Trinajstić information content (AvgIpc) is 3.26. The maximum atomic E-state index is 13.3. The summed E-state index contributed by atoms with van der Waals surface area (Å²) in [6.07, 6.45) is 4.79. The fourth-order valence-corrected chi connectivity index (χ4v) is 4.26. The van der Waals surface area contributed by atoms with Gasteiger partial charge in [0.1, 0.15) is 5.82 Å². The van der Waals surface area contributed by atoms with Gasteiger partial charge in [0.05, 0.1) is 12.3 Å². The van der Waals surface area contributed by atoms with Crippen molar-refractivity contribution in [1.82, 2.24) is 9.97 Å². The molecule has 1 saturated heterocycles. The first-order valence-electron chi connectivity index (χ1n) is 10.9. The standard InChI is InChI=1S/C24H24ClN5O2/c25-18-6-3-5-17(15-18)20-7-8-21-23(28-20)30(13-4-14-32-21)24(31)27-19-9-10-26-22(16-19)29-11-1-2-12-29/h3,5-10,15-16H,1-2,4,11-14H2,(H,26,27,31). The van der Waals surface area contributed by atoms with Gasteiger partial charge in [0.25, 0.3) is 0 Å². The molecule has 5 rings (SSSR count). The summed E-state index contributed by atoms with van der Waals surface area (Å²) >= 11 is 6.16. The number of halogens is 1. The van der Waals surface area contributed by atoms with Crippen molar-refractivity contribution in [3.05, 3.63) is 59.8 Å². The molecule has 0 spiro atoms. The van der Waals surface area contributed by atoms with Crippen LogP contribution in [0.5, 0.6) is 5.75 Å². The summed E-state index contributed by atoms with van der Waals surface area (Å²) in [7, 11) is 0. The molecule has 1 N–H and O–H groups in total. The van der Waals surface area contributed by atoms with Gasteiger partial charge < -0.3 is 15.0 Å². The summed E-state index contributed by atoms with van der Waals surface area (Å²) in [6, 6.07) is 14.7. The Kier molecular flexibility index (Phi) is 5.81. The Balaban J connectivity index is 1.42. The van der Waals surface area contributed by atoms with Gasteiger partial charge in [-0.2, -0.15) is 0 Å². The highest BCUT2D eigenvalue weighted by atomic mass is 35.5. The number of benzene rings is 1. The number of fused-ring (bicyclic) bond motifs is 1. The van der Waals surface area contributed by atoms with E-state index in [-0.39, 0.29) is 6.03 Å². The number of nitrogens with one attached hydrogen (secondary N) is 1. The Hall–Kier alpha value is -3.32. The number of carbonyl (C=O) groups is 1. The van der Waals surface area contributed by atoms with Gasteiger partial charge in [0.2, 0.25) is 0 Å². The highest BCUT2D eigenvalue weighted by molar-refractivity contribution is 6.30. The summed E-state index contributed by atoms with van der Waals surface area (Å²) in [5, 5.41) is 3.65. The van der Waals surface area contributed by atoms with Crippen LogP contribution in [-0.2, 0) is 0 Å². The van der Waals surface area contributed by atoms with E-state index in [2.05, 4.69) is 15.2 Å². The van der Waals surface area contributed by atoms with Gasteiger partial charge in [0.15, 0.2) is 11.6 Å². The second-order valence-corrected chi connectivity index (χ2v) is 8.35. The zero-order valence-corrected chi connectivity index (χ0v) is 18.4. The normalized spacial score (nSPS) is 15.7. The Labute approximate surface area is 192 Å². The highest BCUT2D eigenvalue weighted by Crippen LogP contribution is 2.33. The number of hydrogen-bond acceptors (Lipinski definition) is 5. The summed E-state index contributed by atoms with van der Waals surface area (Å²) in [4.78, 5) is 26.4. The Morgan fingerprint density at radius 2 is 1.91 bits per heavy atom. The van der Waals surface area contributed by atoms with Crippen molar-refractivity contribution < 1.29 is 9.53 Å². The molecule has 2 amide bonds. The molecule has 4 heterocycles. The lowest BCUT2D eigenvalue weighted by molar-refractivity contribution is 0.256. The second-order valence-electron chi connectivity index (χ2n) is 7.91. The quantitative estimate of drug-likeness (QED) is 0.593. The molecule has 0 radical (unpaired) electrons. The molecule has 1 aromatic carbocycles. The fourth-order valence-electron chi connectivity index (χ4n) is 4.06. The Bertz CT molecular complexity index is 1130. The molecule has 1 fully saturated rings. The minimum Gasteiger partial charge on any atom is -0.490 e. The molecule has 2 aliphatic heterocycles. The molecular weight excluding hydrogens is 426 g/mol. The molecule has 7 nitrogen and oxygen atoms in total. The first-order chi connectivity index (χ1) is 15.7. The third kappa shape index (κ3) is 4.34. The lowest BCUT2D eigenvalue weighted by Crippen LogP contribution is -2.36. The van der Waals surface area contributed by atoms with Crippen molar-refractivity contribution in [2.24, 2.45) is 0 Å². The molecule has 0 saturated carbocycles. The third-order valence-electron chi connectivity index (χ3n) is 5.67.